The fourth-order valence-corrected chi connectivity index (χ4v) is 3.81. The van der Waals surface area contributed by atoms with Gasteiger partial charge < -0.3 is 36.6 Å². The molecular weight excluding hydrogens is 444 g/mol. The number of nitrogens with two attached hydrogens (primary N) is 1. The largest absolute Gasteiger partial charge is 0.481 e. The topological polar surface area (TPSA) is 199 Å². The Morgan fingerprint density at radius 2 is 1.81 bits per heavy atom. The molecule has 0 spiro atoms. The van der Waals surface area contributed by atoms with E-state index in [2.05, 4.69) is 10.6 Å². The van der Waals surface area contributed by atoms with Crippen molar-refractivity contribution >= 4 is 41.4 Å². The average Bonchev–Trinajstić information content (AvgIpc) is 3.21. The molecular formula is C19H32N4O8S. The maximum absolute atomic E-state index is 13.1. The second-order valence-electron chi connectivity index (χ2n) is 7.64. The van der Waals surface area contributed by atoms with Gasteiger partial charge in [-0.25, -0.2) is 4.79 Å². The van der Waals surface area contributed by atoms with E-state index in [-0.39, 0.29) is 25.8 Å². The van der Waals surface area contributed by atoms with Crippen molar-refractivity contribution in [2.45, 2.75) is 69.3 Å². The van der Waals surface area contributed by atoms with Gasteiger partial charge >= 0.3 is 11.9 Å². The van der Waals surface area contributed by atoms with Crippen LogP contribution in [0.1, 0.15) is 39.0 Å². The molecule has 1 aliphatic heterocycles. The maximum atomic E-state index is 13.1. The Morgan fingerprint density at radius 1 is 1.16 bits per heavy atom. The van der Waals surface area contributed by atoms with Crippen molar-refractivity contribution in [3.05, 3.63) is 0 Å². The van der Waals surface area contributed by atoms with Crippen LogP contribution in [0.15, 0.2) is 0 Å². The number of aliphatic carboxylic acids is 2. The summed E-state index contributed by atoms with van der Waals surface area (Å²) in [7, 11) is 0. The zero-order valence-electron chi connectivity index (χ0n) is 18.2. The highest BCUT2D eigenvalue weighted by Gasteiger charge is 2.39. The number of thioether (sulfide) groups is 1. The minimum absolute atomic E-state index is 0.182. The molecule has 0 aromatic rings. The molecule has 0 bridgehead atoms. The highest BCUT2D eigenvalue weighted by molar-refractivity contribution is 7.98. The number of carboxylic acids is 2. The summed E-state index contributed by atoms with van der Waals surface area (Å²) in [5.74, 6) is -3.92. The number of likely N-dealkylation sites (tertiary alicyclic amines) is 1. The van der Waals surface area contributed by atoms with E-state index in [9.17, 15) is 29.1 Å². The van der Waals surface area contributed by atoms with Crippen molar-refractivity contribution in [3.63, 3.8) is 0 Å². The fourth-order valence-electron chi connectivity index (χ4n) is 3.32. The average molecular weight is 477 g/mol. The van der Waals surface area contributed by atoms with E-state index in [1.165, 1.54) is 23.6 Å². The summed E-state index contributed by atoms with van der Waals surface area (Å²) in [6, 6.07) is -4.61. The molecule has 1 rings (SSSR count). The highest BCUT2D eigenvalue weighted by Crippen LogP contribution is 2.20. The lowest BCUT2D eigenvalue weighted by atomic mass is 10.1. The Kier molecular flexibility index (Phi) is 11.4. The number of amides is 3. The van der Waals surface area contributed by atoms with Crippen molar-refractivity contribution < 1.29 is 39.3 Å². The van der Waals surface area contributed by atoms with Crippen LogP contribution in [-0.2, 0) is 24.0 Å². The number of aliphatic hydroxyl groups is 1. The summed E-state index contributed by atoms with van der Waals surface area (Å²) in [6.45, 7) is 1.40. The summed E-state index contributed by atoms with van der Waals surface area (Å²) in [5, 5.41) is 32.5. The zero-order valence-corrected chi connectivity index (χ0v) is 19.0. The molecule has 0 aromatic heterocycles. The maximum Gasteiger partial charge on any atom is 0.328 e. The molecule has 0 saturated carbocycles. The molecule has 0 aromatic carbocycles. The Labute approximate surface area is 190 Å². The normalized spacial score (nSPS) is 19.5. The van der Waals surface area contributed by atoms with Gasteiger partial charge in [0.25, 0.3) is 0 Å². The van der Waals surface area contributed by atoms with Crippen LogP contribution in [0, 0.1) is 0 Å². The second-order valence-corrected chi connectivity index (χ2v) is 8.62. The quantitative estimate of drug-likeness (QED) is 0.179. The Hall–Kier alpha value is -2.38. The molecule has 13 heteroatoms. The molecule has 32 heavy (non-hydrogen) atoms. The number of nitrogens with one attached hydrogen (secondary N) is 2. The van der Waals surface area contributed by atoms with Crippen molar-refractivity contribution in [1.29, 1.82) is 0 Å². The van der Waals surface area contributed by atoms with Crippen LogP contribution in [-0.4, -0.2) is 98.7 Å². The third-order valence-corrected chi connectivity index (χ3v) is 5.76. The molecule has 5 atom stereocenters. The Balaban J connectivity index is 2.95. The lowest BCUT2D eigenvalue weighted by Crippen LogP contribution is -2.58. The van der Waals surface area contributed by atoms with Crippen molar-refractivity contribution in [1.82, 2.24) is 15.5 Å². The molecule has 1 saturated heterocycles. The van der Waals surface area contributed by atoms with Crippen LogP contribution < -0.4 is 16.4 Å². The highest BCUT2D eigenvalue weighted by atomic mass is 32.2. The van der Waals surface area contributed by atoms with Crippen LogP contribution >= 0.6 is 11.8 Å². The van der Waals surface area contributed by atoms with Gasteiger partial charge in [0.2, 0.25) is 17.7 Å². The van der Waals surface area contributed by atoms with Crippen molar-refractivity contribution in [3.8, 4) is 0 Å². The lowest BCUT2D eigenvalue weighted by molar-refractivity contribution is -0.147. The third kappa shape index (κ3) is 8.28. The summed E-state index contributed by atoms with van der Waals surface area (Å²) in [5.41, 5.74) is 5.84. The molecule has 0 radical (unpaired) electrons. The van der Waals surface area contributed by atoms with Crippen LogP contribution in [0.4, 0.5) is 0 Å². The first-order valence-corrected chi connectivity index (χ1v) is 11.7. The molecule has 182 valence electrons. The fraction of sp³-hybridized carbons (Fsp3) is 0.737. The van der Waals surface area contributed by atoms with E-state index in [0.29, 0.717) is 18.6 Å². The van der Waals surface area contributed by atoms with E-state index in [4.69, 9.17) is 15.9 Å². The molecule has 3 amide bonds. The molecule has 1 heterocycles. The third-order valence-electron chi connectivity index (χ3n) is 5.12. The smallest absolute Gasteiger partial charge is 0.328 e. The van der Waals surface area contributed by atoms with Crippen molar-refractivity contribution in [2.24, 2.45) is 5.73 Å². The van der Waals surface area contributed by atoms with E-state index in [0.717, 1.165) is 0 Å². The predicted molar refractivity (Wildman–Crippen MR) is 116 cm³/mol. The van der Waals surface area contributed by atoms with Gasteiger partial charge in [-0.05, 0) is 44.6 Å². The number of rotatable bonds is 13. The van der Waals surface area contributed by atoms with Crippen LogP contribution in [0.5, 0.6) is 0 Å². The lowest BCUT2D eigenvalue weighted by Gasteiger charge is -2.30. The van der Waals surface area contributed by atoms with E-state index in [1.807, 2.05) is 6.26 Å². The summed E-state index contributed by atoms with van der Waals surface area (Å²) in [4.78, 5) is 61.6. The van der Waals surface area contributed by atoms with Crippen LogP contribution in [0.3, 0.4) is 0 Å². The number of hydrogen-bond acceptors (Lipinski definition) is 8. The SMILES string of the molecule is CSCCC(N)C(=O)NC(CCC(=O)O)C(=O)N1CCCC1C(=O)NC(C(=O)O)C(C)O. The van der Waals surface area contributed by atoms with Crippen molar-refractivity contribution in [2.75, 3.05) is 18.6 Å². The first kappa shape index (κ1) is 27.7. The van der Waals surface area contributed by atoms with E-state index < -0.39 is 59.9 Å². The minimum atomic E-state index is -1.54. The van der Waals surface area contributed by atoms with Gasteiger partial charge in [-0.15, -0.1) is 0 Å². The van der Waals surface area contributed by atoms with Gasteiger partial charge in [0.05, 0.1) is 12.1 Å². The first-order chi connectivity index (χ1) is 15.0. The molecule has 5 unspecified atom stereocenters. The standard InChI is InChI=1S/C19H32N4O8S/c1-10(24)15(19(30)31)22-17(28)13-4-3-8-23(13)18(29)12(5-6-14(25)26)21-16(27)11(20)7-9-32-2/h10-13,15,24H,3-9,20H2,1-2H3,(H,21,27)(H,22,28)(H,25,26)(H,30,31). The van der Waals surface area contributed by atoms with Gasteiger partial charge in [-0.3, -0.25) is 19.2 Å². The summed E-state index contributed by atoms with van der Waals surface area (Å²) >= 11 is 1.50. The van der Waals surface area contributed by atoms with Gasteiger partial charge in [-0.1, -0.05) is 0 Å². The number of nitrogens with zero attached hydrogens (tertiary/aromatic N) is 1. The van der Waals surface area contributed by atoms with E-state index >= 15 is 0 Å². The molecule has 0 aliphatic carbocycles. The van der Waals surface area contributed by atoms with Gasteiger partial charge in [0.1, 0.15) is 12.1 Å². The molecule has 7 N–H and O–H groups in total. The van der Waals surface area contributed by atoms with Gasteiger partial charge in [0.15, 0.2) is 6.04 Å². The number of aliphatic hydroxyl groups excluding tert-OH is 1. The molecule has 1 aliphatic rings. The van der Waals surface area contributed by atoms with E-state index in [1.54, 1.807) is 0 Å². The second kappa shape index (κ2) is 13.2. The number of carbonyl (C=O) groups is 5. The Bertz CT molecular complexity index is 705. The Morgan fingerprint density at radius 3 is 2.34 bits per heavy atom. The van der Waals surface area contributed by atoms with Gasteiger partial charge in [-0.2, -0.15) is 11.8 Å². The zero-order chi connectivity index (χ0) is 24.4. The minimum Gasteiger partial charge on any atom is -0.481 e. The summed E-state index contributed by atoms with van der Waals surface area (Å²) in [6.07, 6.45) is 1.02. The monoisotopic (exact) mass is 476 g/mol. The van der Waals surface area contributed by atoms with Crippen LogP contribution in [0.2, 0.25) is 0 Å². The molecule has 1 fully saturated rings. The number of carbonyl (C=O) groups excluding carboxylic acids is 3. The molecule has 12 nitrogen and oxygen atoms in total. The van der Waals surface area contributed by atoms with Crippen LogP contribution in [0.25, 0.3) is 0 Å². The first-order valence-electron chi connectivity index (χ1n) is 10.3. The van der Waals surface area contributed by atoms with Gasteiger partial charge in [0, 0.05) is 13.0 Å². The summed E-state index contributed by atoms with van der Waals surface area (Å²) < 4.78 is 0. The number of carboxylic acid groups (broad SMARTS) is 2. The predicted octanol–water partition coefficient (Wildman–Crippen LogP) is -1.64. The number of hydrogen-bond donors (Lipinski definition) is 6.